The van der Waals surface area contributed by atoms with E-state index >= 15 is 0 Å². The first kappa shape index (κ1) is 20.1. The molecule has 156 valence electrons. The Hall–Kier alpha value is -3.23. The van der Waals surface area contributed by atoms with Gasteiger partial charge in [-0.2, -0.15) is 4.98 Å². The predicted octanol–water partition coefficient (Wildman–Crippen LogP) is 2.66. The van der Waals surface area contributed by atoms with Crippen molar-refractivity contribution in [3.63, 3.8) is 0 Å². The molecule has 0 unspecified atom stereocenters. The standard InChI is InChI=1S/C22H23N3O5/c1-27-11-12-28-15-20(26)25-13-19(14-25)29-18-9-7-16(8-10-18)21-23-22(30-24-21)17-5-3-2-4-6-17/h2-10,19H,11-15H2,1H3. The Morgan fingerprint density at radius 2 is 1.83 bits per heavy atom. The summed E-state index contributed by atoms with van der Waals surface area (Å²) in [5.41, 5.74) is 1.72. The minimum atomic E-state index is -0.0346. The monoisotopic (exact) mass is 409 g/mol. The highest BCUT2D eigenvalue weighted by atomic mass is 16.5. The lowest BCUT2D eigenvalue weighted by Crippen LogP contribution is -2.57. The minimum absolute atomic E-state index is 0.0198. The van der Waals surface area contributed by atoms with E-state index in [1.807, 2.05) is 54.6 Å². The van der Waals surface area contributed by atoms with Crippen molar-refractivity contribution >= 4 is 5.91 Å². The first-order chi connectivity index (χ1) is 14.7. The van der Waals surface area contributed by atoms with Crippen LogP contribution < -0.4 is 4.74 Å². The molecule has 1 saturated heterocycles. The fraction of sp³-hybridized carbons (Fsp3) is 0.318. The molecule has 1 aliphatic heterocycles. The fourth-order valence-electron chi connectivity index (χ4n) is 3.02. The molecule has 0 saturated carbocycles. The molecule has 0 radical (unpaired) electrons. The number of ether oxygens (including phenoxy) is 3. The van der Waals surface area contributed by atoms with Crippen LogP contribution in [0.1, 0.15) is 0 Å². The van der Waals surface area contributed by atoms with E-state index in [9.17, 15) is 4.79 Å². The number of amides is 1. The molecule has 0 aliphatic carbocycles. The summed E-state index contributed by atoms with van der Waals surface area (Å²) >= 11 is 0. The third kappa shape index (κ3) is 4.84. The summed E-state index contributed by atoms with van der Waals surface area (Å²) in [4.78, 5) is 18.1. The van der Waals surface area contributed by atoms with E-state index in [0.717, 1.165) is 16.9 Å². The zero-order chi connectivity index (χ0) is 20.8. The molecule has 1 aliphatic rings. The summed E-state index contributed by atoms with van der Waals surface area (Å²) < 4.78 is 21.4. The number of carbonyl (C=O) groups is 1. The zero-order valence-electron chi connectivity index (χ0n) is 16.7. The van der Waals surface area contributed by atoms with E-state index in [0.29, 0.717) is 38.0 Å². The molecule has 8 heteroatoms. The molecule has 1 amide bonds. The van der Waals surface area contributed by atoms with Crippen LogP contribution in [0, 0.1) is 0 Å². The Morgan fingerprint density at radius 1 is 1.07 bits per heavy atom. The molecule has 4 rings (SSSR count). The second-order valence-corrected chi connectivity index (χ2v) is 6.90. The molecule has 2 heterocycles. The van der Waals surface area contributed by atoms with Crippen LogP contribution in [0.4, 0.5) is 0 Å². The summed E-state index contributed by atoms with van der Waals surface area (Å²) in [5, 5.41) is 4.06. The van der Waals surface area contributed by atoms with E-state index in [2.05, 4.69) is 10.1 Å². The number of benzene rings is 2. The minimum Gasteiger partial charge on any atom is -0.487 e. The van der Waals surface area contributed by atoms with Gasteiger partial charge in [0.1, 0.15) is 18.5 Å². The van der Waals surface area contributed by atoms with Crippen molar-refractivity contribution in [2.75, 3.05) is 40.0 Å². The van der Waals surface area contributed by atoms with E-state index in [1.165, 1.54) is 0 Å². The quantitative estimate of drug-likeness (QED) is 0.502. The smallest absolute Gasteiger partial charge is 0.258 e. The van der Waals surface area contributed by atoms with Gasteiger partial charge in [0, 0.05) is 18.2 Å². The molecule has 0 bridgehead atoms. The Morgan fingerprint density at radius 3 is 2.57 bits per heavy atom. The predicted molar refractivity (Wildman–Crippen MR) is 109 cm³/mol. The number of hydrogen-bond acceptors (Lipinski definition) is 7. The summed E-state index contributed by atoms with van der Waals surface area (Å²) in [7, 11) is 1.60. The van der Waals surface area contributed by atoms with Crippen molar-refractivity contribution < 1.29 is 23.5 Å². The highest BCUT2D eigenvalue weighted by molar-refractivity contribution is 5.78. The zero-order valence-corrected chi connectivity index (χ0v) is 16.7. The van der Waals surface area contributed by atoms with Crippen LogP contribution in [0.2, 0.25) is 0 Å². The number of likely N-dealkylation sites (tertiary alicyclic amines) is 1. The van der Waals surface area contributed by atoms with Gasteiger partial charge in [0.2, 0.25) is 11.7 Å². The molecule has 8 nitrogen and oxygen atoms in total. The van der Waals surface area contributed by atoms with Gasteiger partial charge >= 0.3 is 0 Å². The first-order valence-corrected chi connectivity index (χ1v) is 9.73. The summed E-state index contributed by atoms with van der Waals surface area (Å²) in [6.45, 7) is 2.07. The molecular formula is C22H23N3O5. The SMILES string of the molecule is COCCOCC(=O)N1CC(Oc2ccc(-c3noc(-c4ccccc4)n3)cc2)C1. The van der Waals surface area contributed by atoms with Crippen LogP contribution in [0.5, 0.6) is 5.75 Å². The van der Waals surface area contributed by atoms with Gasteiger partial charge in [0.05, 0.1) is 26.3 Å². The van der Waals surface area contributed by atoms with Crippen molar-refractivity contribution in [3.05, 3.63) is 54.6 Å². The molecule has 0 atom stereocenters. The van der Waals surface area contributed by atoms with Gasteiger partial charge < -0.3 is 23.6 Å². The van der Waals surface area contributed by atoms with E-state index in [1.54, 1.807) is 12.0 Å². The normalized spacial score (nSPS) is 13.8. The van der Waals surface area contributed by atoms with Crippen LogP contribution in [0.25, 0.3) is 22.8 Å². The van der Waals surface area contributed by atoms with Crippen molar-refractivity contribution in [1.82, 2.24) is 15.0 Å². The van der Waals surface area contributed by atoms with Gasteiger partial charge in [-0.25, -0.2) is 0 Å². The van der Waals surface area contributed by atoms with Gasteiger partial charge in [0.15, 0.2) is 0 Å². The van der Waals surface area contributed by atoms with Gasteiger partial charge in [0.25, 0.3) is 5.89 Å². The van der Waals surface area contributed by atoms with Gasteiger partial charge in [-0.3, -0.25) is 4.79 Å². The summed E-state index contributed by atoms with van der Waals surface area (Å²) in [6, 6.07) is 17.1. The number of hydrogen-bond donors (Lipinski definition) is 0. The molecule has 30 heavy (non-hydrogen) atoms. The maximum atomic E-state index is 12.0. The average molecular weight is 409 g/mol. The van der Waals surface area contributed by atoms with E-state index in [4.69, 9.17) is 18.7 Å². The van der Waals surface area contributed by atoms with E-state index in [-0.39, 0.29) is 18.6 Å². The van der Waals surface area contributed by atoms with Crippen molar-refractivity contribution in [1.29, 1.82) is 0 Å². The number of carbonyl (C=O) groups excluding carboxylic acids is 1. The number of rotatable bonds is 9. The lowest BCUT2D eigenvalue weighted by Gasteiger charge is -2.38. The molecule has 0 N–H and O–H groups in total. The average Bonchev–Trinajstić information content (AvgIpc) is 3.25. The number of methoxy groups -OCH3 is 1. The topological polar surface area (TPSA) is 86.9 Å². The van der Waals surface area contributed by atoms with Gasteiger partial charge in [-0.15, -0.1) is 0 Å². The second kappa shape index (κ2) is 9.51. The van der Waals surface area contributed by atoms with Crippen LogP contribution in [-0.2, 0) is 14.3 Å². The highest BCUT2D eigenvalue weighted by Gasteiger charge is 2.32. The largest absolute Gasteiger partial charge is 0.487 e. The van der Waals surface area contributed by atoms with Gasteiger partial charge in [-0.05, 0) is 36.4 Å². The Kier molecular flexibility index (Phi) is 6.36. The van der Waals surface area contributed by atoms with Crippen LogP contribution >= 0.6 is 0 Å². The molecule has 2 aromatic carbocycles. The van der Waals surface area contributed by atoms with Crippen LogP contribution in [0.3, 0.4) is 0 Å². The molecule has 3 aromatic rings. The number of aromatic nitrogens is 2. The number of nitrogens with zero attached hydrogens (tertiary/aromatic N) is 3. The molecule has 1 fully saturated rings. The Labute approximate surface area is 174 Å². The second-order valence-electron chi connectivity index (χ2n) is 6.90. The molecular weight excluding hydrogens is 386 g/mol. The molecule has 0 spiro atoms. The third-order valence-corrected chi connectivity index (χ3v) is 4.72. The Balaban J connectivity index is 1.26. The van der Waals surface area contributed by atoms with Crippen molar-refractivity contribution in [2.24, 2.45) is 0 Å². The maximum Gasteiger partial charge on any atom is 0.258 e. The lowest BCUT2D eigenvalue weighted by atomic mass is 10.1. The van der Waals surface area contributed by atoms with Gasteiger partial charge in [-0.1, -0.05) is 23.4 Å². The van der Waals surface area contributed by atoms with Crippen molar-refractivity contribution in [3.8, 4) is 28.6 Å². The summed E-state index contributed by atoms with van der Waals surface area (Å²) in [6.07, 6.45) is -0.0198. The van der Waals surface area contributed by atoms with Crippen LogP contribution in [0.15, 0.2) is 59.1 Å². The maximum absolute atomic E-state index is 12.0. The highest BCUT2D eigenvalue weighted by Crippen LogP contribution is 2.25. The van der Waals surface area contributed by atoms with Crippen molar-refractivity contribution in [2.45, 2.75) is 6.10 Å². The fourth-order valence-corrected chi connectivity index (χ4v) is 3.02. The van der Waals surface area contributed by atoms with E-state index < -0.39 is 0 Å². The van der Waals surface area contributed by atoms with Crippen LogP contribution in [-0.4, -0.2) is 67.1 Å². The lowest BCUT2D eigenvalue weighted by molar-refractivity contribution is -0.145. The summed E-state index contributed by atoms with van der Waals surface area (Å²) in [5.74, 6) is 1.71. The third-order valence-electron chi connectivity index (χ3n) is 4.72. The first-order valence-electron chi connectivity index (χ1n) is 9.73. The Bertz CT molecular complexity index is 952. The molecule has 1 aromatic heterocycles.